The number of nitrogens with one attached hydrogen (secondary N) is 1. The van der Waals surface area contributed by atoms with E-state index >= 15 is 0 Å². The SMILES string of the molecule is C=Cc1cccc(-n2c(-c3ccc(OC(=O)N4CCN(C)CC4)cc3O)n[nH]c2=S)c1/C=C\C. The second kappa shape index (κ2) is 10.1. The van der Waals surface area contributed by atoms with E-state index in [2.05, 4.69) is 21.7 Å². The zero-order valence-corrected chi connectivity index (χ0v) is 20.0. The minimum atomic E-state index is -0.430. The van der Waals surface area contributed by atoms with Crippen molar-refractivity contribution in [2.75, 3.05) is 33.2 Å². The Balaban J connectivity index is 1.67. The molecule has 3 aromatic rings. The number of carbonyl (C=O) groups is 1. The fourth-order valence-electron chi connectivity index (χ4n) is 3.91. The molecule has 0 spiro atoms. The Bertz CT molecular complexity index is 1300. The first kappa shape index (κ1) is 23.5. The smallest absolute Gasteiger partial charge is 0.415 e. The van der Waals surface area contributed by atoms with Crippen molar-refractivity contribution in [3.63, 3.8) is 0 Å². The summed E-state index contributed by atoms with van der Waals surface area (Å²) in [5.41, 5.74) is 3.12. The zero-order chi connectivity index (χ0) is 24.2. The van der Waals surface area contributed by atoms with E-state index in [0.29, 0.717) is 29.2 Å². The number of ether oxygens (including phenoxy) is 1. The van der Waals surface area contributed by atoms with Gasteiger partial charge in [-0.25, -0.2) is 4.79 Å². The van der Waals surface area contributed by atoms with Gasteiger partial charge in [0.15, 0.2) is 10.6 Å². The molecule has 8 nitrogen and oxygen atoms in total. The van der Waals surface area contributed by atoms with Gasteiger partial charge < -0.3 is 19.6 Å². The van der Waals surface area contributed by atoms with Crippen molar-refractivity contribution in [1.29, 1.82) is 0 Å². The Morgan fingerprint density at radius 2 is 2.00 bits per heavy atom. The van der Waals surface area contributed by atoms with E-state index in [1.807, 2.05) is 44.3 Å². The lowest BCUT2D eigenvalue weighted by molar-refractivity contribution is 0.120. The van der Waals surface area contributed by atoms with Gasteiger partial charge in [-0.05, 0) is 50.0 Å². The molecule has 4 rings (SSSR count). The van der Waals surface area contributed by atoms with Crippen LogP contribution in [0, 0.1) is 4.77 Å². The summed E-state index contributed by atoms with van der Waals surface area (Å²) in [6, 6.07) is 10.5. The number of piperazine rings is 1. The van der Waals surface area contributed by atoms with Gasteiger partial charge in [-0.3, -0.25) is 9.67 Å². The number of phenols is 1. The molecule has 0 aliphatic carbocycles. The number of phenolic OH excluding ortho intramolecular Hbond substituents is 1. The van der Waals surface area contributed by atoms with Gasteiger partial charge in [0, 0.05) is 37.8 Å². The summed E-state index contributed by atoms with van der Waals surface area (Å²) >= 11 is 5.52. The summed E-state index contributed by atoms with van der Waals surface area (Å²) in [4.78, 5) is 16.3. The maximum absolute atomic E-state index is 12.5. The summed E-state index contributed by atoms with van der Waals surface area (Å²) in [5, 5.41) is 18.0. The lowest BCUT2D eigenvalue weighted by atomic mass is 10.0. The minimum absolute atomic E-state index is 0.0774. The van der Waals surface area contributed by atoms with Crippen molar-refractivity contribution >= 4 is 30.5 Å². The summed E-state index contributed by atoms with van der Waals surface area (Å²) in [6.45, 7) is 8.64. The van der Waals surface area contributed by atoms with Gasteiger partial charge in [0.05, 0.1) is 11.3 Å². The molecule has 34 heavy (non-hydrogen) atoms. The number of benzene rings is 2. The summed E-state index contributed by atoms with van der Waals surface area (Å²) < 4.78 is 7.64. The van der Waals surface area contributed by atoms with Crippen molar-refractivity contribution in [3.8, 4) is 28.6 Å². The van der Waals surface area contributed by atoms with Crippen LogP contribution in [0.3, 0.4) is 0 Å². The number of amides is 1. The Labute approximate surface area is 203 Å². The van der Waals surface area contributed by atoms with Crippen LogP contribution >= 0.6 is 12.2 Å². The Hall–Kier alpha value is -3.69. The van der Waals surface area contributed by atoms with Crippen LogP contribution in [0.1, 0.15) is 18.1 Å². The van der Waals surface area contributed by atoms with Crippen LogP contribution in [0.5, 0.6) is 11.5 Å². The van der Waals surface area contributed by atoms with Gasteiger partial charge in [0.2, 0.25) is 0 Å². The molecule has 0 atom stereocenters. The molecule has 1 aliphatic rings. The van der Waals surface area contributed by atoms with Gasteiger partial charge in [-0.1, -0.05) is 36.9 Å². The average molecular weight is 478 g/mol. The Morgan fingerprint density at radius 1 is 1.24 bits per heavy atom. The average Bonchev–Trinajstić information content (AvgIpc) is 3.20. The highest BCUT2D eigenvalue weighted by atomic mass is 32.1. The molecular weight excluding hydrogens is 450 g/mol. The number of aromatic hydroxyl groups is 1. The first-order valence-electron chi connectivity index (χ1n) is 11.0. The number of allylic oxidation sites excluding steroid dienone is 1. The van der Waals surface area contributed by atoms with E-state index in [4.69, 9.17) is 17.0 Å². The molecule has 0 bridgehead atoms. The normalized spacial score (nSPS) is 14.5. The molecule has 0 saturated carbocycles. The molecule has 2 aromatic carbocycles. The number of H-pyrrole nitrogens is 1. The van der Waals surface area contributed by atoms with E-state index in [1.54, 1.807) is 27.7 Å². The molecule has 1 amide bonds. The first-order chi connectivity index (χ1) is 16.4. The lowest BCUT2D eigenvalue weighted by Gasteiger charge is -2.31. The van der Waals surface area contributed by atoms with E-state index in [1.165, 1.54) is 6.07 Å². The number of hydrogen-bond donors (Lipinski definition) is 2. The van der Waals surface area contributed by atoms with Crippen molar-refractivity contribution in [2.45, 2.75) is 6.92 Å². The van der Waals surface area contributed by atoms with Gasteiger partial charge in [-0.2, -0.15) is 5.10 Å². The summed E-state index contributed by atoms with van der Waals surface area (Å²) in [6.07, 6.45) is 5.27. The van der Waals surface area contributed by atoms with Crippen LogP contribution in [0.15, 0.2) is 49.1 Å². The first-order valence-corrected chi connectivity index (χ1v) is 11.4. The number of nitrogens with zero attached hydrogens (tertiary/aromatic N) is 4. The van der Waals surface area contributed by atoms with Crippen LogP contribution in [-0.2, 0) is 0 Å². The Kier molecular flexibility index (Phi) is 6.95. The molecule has 1 aliphatic heterocycles. The number of rotatable bonds is 5. The highest BCUT2D eigenvalue weighted by Crippen LogP contribution is 2.34. The second-order valence-electron chi connectivity index (χ2n) is 8.01. The maximum atomic E-state index is 12.5. The van der Waals surface area contributed by atoms with Crippen molar-refractivity contribution in [2.24, 2.45) is 0 Å². The number of aromatic nitrogens is 3. The fourth-order valence-corrected chi connectivity index (χ4v) is 4.14. The van der Waals surface area contributed by atoms with Crippen molar-refractivity contribution in [3.05, 3.63) is 65.0 Å². The quantitative estimate of drug-likeness (QED) is 0.517. The third-order valence-electron chi connectivity index (χ3n) is 5.76. The third-order valence-corrected chi connectivity index (χ3v) is 6.03. The van der Waals surface area contributed by atoms with Crippen LogP contribution in [0.25, 0.3) is 29.2 Å². The second-order valence-corrected chi connectivity index (χ2v) is 8.40. The van der Waals surface area contributed by atoms with Gasteiger partial charge in [0.1, 0.15) is 11.5 Å². The monoisotopic (exact) mass is 477 g/mol. The zero-order valence-electron chi connectivity index (χ0n) is 19.2. The third kappa shape index (κ3) is 4.66. The van der Waals surface area contributed by atoms with Crippen LogP contribution in [0.4, 0.5) is 4.79 Å². The minimum Gasteiger partial charge on any atom is -0.507 e. The van der Waals surface area contributed by atoms with Gasteiger partial charge >= 0.3 is 6.09 Å². The largest absolute Gasteiger partial charge is 0.507 e. The number of likely N-dealkylation sites (N-methyl/N-ethyl adjacent to an activating group) is 1. The Morgan fingerprint density at radius 3 is 2.68 bits per heavy atom. The van der Waals surface area contributed by atoms with E-state index in [0.717, 1.165) is 29.9 Å². The predicted molar refractivity (Wildman–Crippen MR) is 136 cm³/mol. The molecule has 2 heterocycles. The van der Waals surface area contributed by atoms with Gasteiger partial charge in [-0.15, -0.1) is 0 Å². The van der Waals surface area contributed by atoms with Crippen LogP contribution in [-0.4, -0.2) is 69.0 Å². The predicted octanol–water partition coefficient (Wildman–Crippen LogP) is 4.72. The molecule has 2 N–H and O–H groups in total. The van der Waals surface area contributed by atoms with E-state index < -0.39 is 6.09 Å². The van der Waals surface area contributed by atoms with Crippen molar-refractivity contribution in [1.82, 2.24) is 24.6 Å². The number of aromatic amines is 1. The van der Waals surface area contributed by atoms with Crippen LogP contribution < -0.4 is 4.74 Å². The van der Waals surface area contributed by atoms with E-state index in [-0.39, 0.29) is 11.5 Å². The number of carbonyl (C=O) groups excluding carboxylic acids is 1. The van der Waals surface area contributed by atoms with E-state index in [9.17, 15) is 9.90 Å². The topological polar surface area (TPSA) is 86.6 Å². The molecule has 0 unspecified atom stereocenters. The fraction of sp³-hybridized carbons (Fsp3) is 0.240. The van der Waals surface area contributed by atoms with Crippen molar-refractivity contribution < 1.29 is 14.6 Å². The highest BCUT2D eigenvalue weighted by Gasteiger charge is 2.22. The number of hydrogen-bond acceptors (Lipinski definition) is 6. The molecule has 1 aromatic heterocycles. The molecule has 176 valence electrons. The summed E-state index contributed by atoms with van der Waals surface area (Å²) in [5.74, 6) is 0.618. The molecular formula is C25H27N5O3S. The van der Waals surface area contributed by atoms with Crippen LogP contribution in [0.2, 0.25) is 0 Å². The molecule has 1 fully saturated rings. The lowest BCUT2D eigenvalue weighted by Crippen LogP contribution is -2.48. The molecule has 0 radical (unpaired) electrons. The molecule has 9 heteroatoms. The van der Waals surface area contributed by atoms with Gasteiger partial charge in [0.25, 0.3) is 0 Å². The maximum Gasteiger partial charge on any atom is 0.415 e. The molecule has 1 saturated heterocycles. The summed E-state index contributed by atoms with van der Waals surface area (Å²) in [7, 11) is 2.02. The highest BCUT2D eigenvalue weighted by molar-refractivity contribution is 7.71. The standard InChI is InChI=1S/C25H27N5O3S/c1-4-7-19-17(5-2)8-6-9-21(19)30-23(26-27-24(30)34)20-11-10-18(16-22(20)31)33-25(32)29-14-12-28(3)13-15-29/h4-11,16,31H,2,12-15H2,1,3H3,(H,27,34)/b7-4-.